The maximum absolute atomic E-state index is 12.6. The molecule has 0 aromatic carbocycles. The van der Waals surface area contributed by atoms with Gasteiger partial charge in [0.15, 0.2) is 6.61 Å². The van der Waals surface area contributed by atoms with Crippen LogP contribution in [-0.4, -0.2) is 69.1 Å². The number of aryl methyl sites for hydroxylation is 2. The zero-order valence-electron chi connectivity index (χ0n) is 18.1. The molecule has 1 aliphatic rings. The van der Waals surface area contributed by atoms with E-state index in [4.69, 9.17) is 13.8 Å². The predicted octanol–water partition coefficient (Wildman–Crippen LogP) is 2.34. The Morgan fingerprint density at radius 3 is 2.48 bits per heavy atom. The third-order valence-electron chi connectivity index (χ3n) is 4.96. The molecule has 3 aromatic heterocycles. The minimum absolute atomic E-state index is 0.0953. The van der Waals surface area contributed by atoms with Crippen molar-refractivity contribution in [1.29, 1.82) is 0 Å². The van der Waals surface area contributed by atoms with Crippen molar-refractivity contribution >= 4 is 11.9 Å². The second-order valence-corrected chi connectivity index (χ2v) is 7.57. The van der Waals surface area contributed by atoms with Crippen LogP contribution in [0.1, 0.15) is 22.9 Å². The summed E-state index contributed by atoms with van der Waals surface area (Å²) in [5.74, 6) is 1.71. The zero-order chi connectivity index (χ0) is 23.4. The maximum atomic E-state index is 12.6. The summed E-state index contributed by atoms with van der Waals surface area (Å²) in [5.41, 5.74) is 1.51. The molecular weight excluding hydrogens is 445 g/mol. The predicted molar refractivity (Wildman–Crippen MR) is 109 cm³/mol. The first kappa shape index (κ1) is 22.8. The van der Waals surface area contributed by atoms with E-state index in [1.165, 1.54) is 0 Å². The van der Waals surface area contributed by atoms with Gasteiger partial charge in [-0.25, -0.2) is 4.63 Å². The van der Waals surface area contributed by atoms with Crippen LogP contribution in [0.4, 0.5) is 25.1 Å². The fourth-order valence-corrected chi connectivity index (χ4v) is 3.23. The van der Waals surface area contributed by atoms with Gasteiger partial charge < -0.3 is 19.4 Å². The largest absolute Gasteiger partial charge is 0.465 e. The molecule has 0 atom stereocenters. The van der Waals surface area contributed by atoms with E-state index in [0.29, 0.717) is 38.5 Å². The lowest BCUT2D eigenvalue weighted by Gasteiger charge is -2.34. The van der Waals surface area contributed by atoms with E-state index in [9.17, 15) is 13.2 Å². The molecule has 1 saturated heterocycles. The van der Waals surface area contributed by atoms with Crippen LogP contribution in [0.3, 0.4) is 0 Å². The minimum Gasteiger partial charge on any atom is -0.465 e. The van der Waals surface area contributed by atoms with Gasteiger partial charge in [0.1, 0.15) is 22.9 Å². The smallest absolute Gasteiger partial charge is 0.422 e. The van der Waals surface area contributed by atoms with Gasteiger partial charge in [-0.2, -0.15) is 28.1 Å². The van der Waals surface area contributed by atoms with Gasteiger partial charge in [-0.3, -0.25) is 4.90 Å². The average Bonchev–Trinajstić information content (AvgIpc) is 3.38. The van der Waals surface area contributed by atoms with Crippen molar-refractivity contribution in [3.05, 3.63) is 35.0 Å². The molecule has 4 heterocycles. The van der Waals surface area contributed by atoms with Crippen molar-refractivity contribution in [3.63, 3.8) is 0 Å². The van der Waals surface area contributed by atoms with Gasteiger partial charge >= 0.3 is 12.2 Å². The number of ether oxygens (including phenoxy) is 1. The number of rotatable bonds is 8. The highest BCUT2D eigenvalue weighted by Crippen LogP contribution is 2.21. The Labute approximate surface area is 186 Å². The number of halogens is 3. The van der Waals surface area contributed by atoms with Crippen LogP contribution < -0.4 is 15.0 Å². The number of nitrogens with zero attached hydrogens (tertiary/aromatic N) is 7. The molecule has 0 unspecified atom stereocenters. The molecule has 0 spiro atoms. The lowest BCUT2D eigenvalue weighted by atomic mass is 10.2. The molecule has 0 saturated carbocycles. The number of nitrogens with one attached hydrogen (secondary N) is 1. The van der Waals surface area contributed by atoms with E-state index in [-0.39, 0.29) is 18.4 Å². The Bertz CT molecular complexity index is 1060. The van der Waals surface area contributed by atoms with E-state index < -0.39 is 18.8 Å². The summed E-state index contributed by atoms with van der Waals surface area (Å²) in [6.07, 6.45) is -4.51. The molecule has 1 fully saturated rings. The second kappa shape index (κ2) is 9.60. The maximum Gasteiger partial charge on any atom is 0.422 e. The molecule has 0 amide bonds. The number of furan rings is 1. The molecule has 178 valence electrons. The summed E-state index contributed by atoms with van der Waals surface area (Å²) >= 11 is 0. The SMILES string of the molecule is Cc1ccc(CNc2nc(OCC(F)(F)F)nc(N3CCN(Cc4nonc4C)CC3)n2)o1. The monoisotopic (exact) mass is 468 g/mol. The third kappa shape index (κ3) is 6.31. The Morgan fingerprint density at radius 2 is 1.85 bits per heavy atom. The molecule has 1 N–H and O–H groups in total. The second-order valence-electron chi connectivity index (χ2n) is 7.57. The van der Waals surface area contributed by atoms with Crippen LogP contribution in [0.15, 0.2) is 21.2 Å². The van der Waals surface area contributed by atoms with Crippen LogP contribution in [-0.2, 0) is 13.1 Å². The average molecular weight is 468 g/mol. The molecule has 4 rings (SSSR count). The molecular formula is C19H23F3N8O3. The molecule has 14 heteroatoms. The molecule has 0 radical (unpaired) electrons. The quantitative estimate of drug-likeness (QED) is 0.525. The summed E-state index contributed by atoms with van der Waals surface area (Å²) in [4.78, 5) is 16.5. The zero-order valence-corrected chi connectivity index (χ0v) is 18.1. The number of hydrogen-bond acceptors (Lipinski definition) is 11. The van der Waals surface area contributed by atoms with E-state index in [0.717, 1.165) is 17.1 Å². The normalized spacial score (nSPS) is 15.1. The van der Waals surface area contributed by atoms with E-state index >= 15 is 0 Å². The van der Waals surface area contributed by atoms with Crippen LogP contribution in [0.5, 0.6) is 6.01 Å². The minimum atomic E-state index is -4.51. The fourth-order valence-electron chi connectivity index (χ4n) is 3.23. The van der Waals surface area contributed by atoms with Crippen LogP contribution in [0, 0.1) is 13.8 Å². The van der Waals surface area contributed by atoms with Crippen LogP contribution in [0.25, 0.3) is 0 Å². The topological polar surface area (TPSA) is 118 Å². The van der Waals surface area contributed by atoms with Crippen molar-refractivity contribution in [2.45, 2.75) is 33.1 Å². The van der Waals surface area contributed by atoms with Crippen LogP contribution >= 0.6 is 0 Å². The standard InChI is InChI=1S/C19H23F3N8O3/c1-12-3-4-14(32-12)9-23-16-24-17(26-18(25-16)31-11-19(20,21)22)30-7-5-29(6-8-30)10-15-13(2)27-33-28-15/h3-4H,5-11H2,1-2H3,(H,23,24,25,26). The first-order chi connectivity index (χ1) is 15.7. The Balaban J connectivity index is 1.44. The molecule has 0 bridgehead atoms. The van der Waals surface area contributed by atoms with Gasteiger partial charge in [-0.1, -0.05) is 10.3 Å². The summed E-state index contributed by atoms with van der Waals surface area (Å²) < 4.78 is 52.9. The Morgan fingerprint density at radius 1 is 1.06 bits per heavy atom. The van der Waals surface area contributed by atoms with Crippen LogP contribution in [0.2, 0.25) is 0 Å². The Kier molecular flexibility index (Phi) is 6.62. The highest BCUT2D eigenvalue weighted by molar-refractivity contribution is 5.39. The van der Waals surface area contributed by atoms with Crippen molar-refractivity contribution in [2.75, 3.05) is 43.0 Å². The van der Waals surface area contributed by atoms with Gasteiger partial charge in [0.25, 0.3) is 0 Å². The molecule has 33 heavy (non-hydrogen) atoms. The van der Waals surface area contributed by atoms with Crippen molar-refractivity contribution in [3.8, 4) is 6.01 Å². The summed E-state index contributed by atoms with van der Waals surface area (Å²) in [5, 5.41) is 10.6. The number of aromatic nitrogens is 5. The highest BCUT2D eigenvalue weighted by atomic mass is 19.4. The number of hydrogen-bond donors (Lipinski definition) is 1. The number of piperazine rings is 1. The lowest BCUT2D eigenvalue weighted by Crippen LogP contribution is -2.46. The highest BCUT2D eigenvalue weighted by Gasteiger charge is 2.30. The van der Waals surface area contributed by atoms with Gasteiger partial charge in [-0.15, -0.1) is 0 Å². The summed E-state index contributed by atoms with van der Waals surface area (Å²) in [7, 11) is 0. The summed E-state index contributed by atoms with van der Waals surface area (Å²) in [6.45, 7) is 5.46. The Hall–Kier alpha value is -3.42. The van der Waals surface area contributed by atoms with Crippen molar-refractivity contribution in [2.24, 2.45) is 0 Å². The summed E-state index contributed by atoms with van der Waals surface area (Å²) in [6, 6.07) is 3.20. The lowest BCUT2D eigenvalue weighted by molar-refractivity contribution is -0.154. The first-order valence-electron chi connectivity index (χ1n) is 10.3. The van der Waals surface area contributed by atoms with E-state index in [1.807, 2.05) is 24.8 Å². The fraction of sp³-hybridized carbons (Fsp3) is 0.526. The van der Waals surface area contributed by atoms with Gasteiger partial charge in [0, 0.05) is 32.7 Å². The molecule has 0 aliphatic carbocycles. The molecule has 3 aromatic rings. The van der Waals surface area contributed by atoms with Gasteiger partial charge in [0.2, 0.25) is 11.9 Å². The molecule has 11 nitrogen and oxygen atoms in total. The molecule has 1 aliphatic heterocycles. The van der Waals surface area contributed by atoms with Crippen molar-refractivity contribution in [1.82, 2.24) is 30.2 Å². The first-order valence-corrected chi connectivity index (χ1v) is 10.3. The van der Waals surface area contributed by atoms with Crippen molar-refractivity contribution < 1.29 is 27.0 Å². The number of alkyl halides is 3. The third-order valence-corrected chi connectivity index (χ3v) is 4.96. The van der Waals surface area contributed by atoms with E-state index in [1.54, 1.807) is 6.07 Å². The van der Waals surface area contributed by atoms with Gasteiger partial charge in [0.05, 0.1) is 6.54 Å². The van der Waals surface area contributed by atoms with E-state index in [2.05, 4.69) is 35.5 Å². The van der Waals surface area contributed by atoms with Gasteiger partial charge in [-0.05, 0) is 26.0 Å². The number of anilines is 2.